The summed E-state index contributed by atoms with van der Waals surface area (Å²) in [6.45, 7) is 2.92. The average molecular weight is 417 g/mol. The minimum Gasteiger partial charge on any atom is -0.331 e. The lowest BCUT2D eigenvalue weighted by molar-refractivity contribution is 0.189. The molecule has 1 aliphatic rings. The zero-order valence-corrected chi connectivity index (χ0v) is 16.6. The van der Waals surface area contributed by atoms with Gasteiger partial charge in [0, 0.05) is 60.1 Å². The summed E-state index contributed by atoms with van der Waals surface area (Å²) in [6.07, 6.45) is 7.21. The number of aromatic amines is 1. The second-order valence-electron chi connectivity index (χ2n) is 6.62. The number of pyridine rings is 2. The van der Waals surface area contributed by atoms with Crippen molar-refractivity contribution in [2.75, 3.05) is 6.54 Å². The van der Waals surface area contributed by atoms with Crippen molar-refractivity contribution in [1.29, 1.82) is 0 Å². The fraction of sp³-hybridized carbons (Fsp3) is 0.263. The maximum atomic E-state index is 12.9. The predicted molar refractivity (Wildman–Crippen MR) is 107 cm³/mol. The molecule has 0 saturated carbocycles. The van der Waals surface area contributed by atoms with Crippen molar-refractivity contribution in [1.82, 2.24) is 30.4 Å². The molecule has 3 aromatic rings. The van der Waals surface area contributed by atoms with Gasteiger partial charge in [0.25, 0.3) is 0 Å². The van der Waals surface area contributed by atoms with Gasteiger partial charge in [0.2, 0.25) is 0 Å². The summed E-state index contributed by atoms with van der Waals surface area (Å²) in [6, 6.07) is 3.29. The first-order valence-electron chi connectivity index (χ1n) is 8.85. The Labute approximate surface area is 172 Å². The van der Waals surface area contributed by atoms with E-state index in [9.17, 15) is 4.79 Å². The van der Waals surface area contributed by atoms with Crippen molar-refractivity contribution in [2.24, 2.45) is 0 Å². The van der Waals surface area contributed by atoms with Gasteiger partial charge in [-0.3, -0.25) is 15.1 Å². The minimum atomic E-state index is -0.346. The van der Waals surface area contributed by atoms with Crippen LogP contribution in [-0.4, -0.2) is 37.6 Å². The lowest BCUT2D eigenvalue weighted by Gasteiger charge is -2.29. The van der Waals surface area contributed by atoms with E-state index >= 15 is 0 Å². The summed E-state index contributed by atoms with van der Waals surface area (Å²) in [4.78, 5) is 22.6. The maximum Gasteiger partial charge on any atom is 0.318 e. The van der Waals surface area contributed by atoms with E-state index in [4.69, 9.17) is 23.2 Å². The van der Waals surface area contributed by atoms with Gasteiger partial charge in [-0.1, -0.05) is 23.2 Å². The molecule has 2 N–H and O–H groups in total. The Morgan fingerprint density at radius 1 is 1.21 bits per heavy atom. The van der Waals surface area contributed by atoms with E-state index in [1.165, 1.54) is 12.4 Å². The van der Waals surface area contributed by atoms with Gasteiger partial charge in [0.05, 0.1) is 28.3 Å². The number of fused-ring (bicyclic) bond motifs is 1. The second kappa shape index (κ2) is 7.77. The average Bonchev–Trinajstić information content (AvgIpc) is 3.11. The highest BCUT2D eigenvalue weighted by Gasteiger charge is 2.27. The van der Waals surface area contributed by atoms with Gasteiger partial charge in [-0.15, -0.1) is 0 Å². The summed E-state index contributed by atoms with van der Waals surface area (Å²) in [5, 5.41) is 11.4. The molecule has 1 unspecified atom stereocenters. The van der Waals surface area contributed by atoms with Crippen molar-refractivity contribution in [3.63, 3.8) is 0 Å². The first-order valence-corrected chi connectivity index (χ1v) is 9.61. The Bertz CT molecular complexity index is 987. The van der Waals surface area contributed by atoms with Crippen molar-refractivity contribution >= 4 is 29.2 Å². The van der Waals surface area contributed by atoms with Crippen LogP contribution in [-0.2, 0) is 13.0 Å². The zero-order valence-electron chi connectivity index (χ0n) is 15.1. The van der Waals surface area contributed by atoms with E-state index in [-0.39, 0.29) is 12.1 Å². The fourth-order valence-electron chi connectivity index (χ4n) is 3.40. The van der Waals surface area contributed by atoms with Crippen molar-refractivity contribution < 1.29 is 4.79 Å². The van der Waals surface area contributed by atoms with Crippen molar-refractivity contribution in [3.8, 4) is 11.3 Å². The van der Waals surface area contributed by atoms with E-state index in [0.29, 0.717) is 35.1 Å². The van der Waals surface area contributed by atoms with Crippen molar-refractivity contribution in [3.05, 3.63) is 63.8 Å². The molecule has 28 heavy (non-hydrogen) atoms. The molecule has 0 radical (unpaired) electrons. The van der Waals surface area contributed by atoms with E-state index in [1.807, 2.05) is 19.1 Å². The first kappa shape index (κ1) is 18.7. The number of hydrogen-bond donors (Lipinski definition) is 2. The molecule has 0 fully saturated rings. The quantitative estimate of drug-likeness (QED) is 0.675. The molecule has 7 nitrogen and oxygen atoms in total. The lowest BCUT2D eigenvalue weighted by Crippen LogP contribution is -2.43. The van der Waals surface area contributed by atoms with Gasteiger partial charge in [-0.05, 0) is 19.1 Å². The van der Waals surface area contributed by atoms with Crippen LogP contribution in [0, 0.1) is 0 Å². The van der Waals surface area contributed by atoms with Crippen LogP contribution in [0.5, 0.6) is 0 Å². The Morgan fingerprint density at radius 3 is 2.64 bits per heavy atom. The normalized spacial score (nSPS) is 14.5. The first-order chi connectivity index (χ1) is 13.5. The van der Waals surface area contributed by atoms with Gasteiger partial charge in [-0.25, -0.2) is 4.79 Å². The summed E-state index contributed by atoms with van der Waals surface area (Å²) in [7, 11) is 0. The highest BCUT2D eigenvalue weighted by molar-refractivity contribution is 6.35. The summed E-state index contributed by atoms with van der Waals surface area (Å²) >= 11 is 12.4. The number of hydrogen-bond acceptors (Lipinski definition) is 4. The molecule has 1 aliphatic heterocycles. The van der Waals surface area contributed by atoms with E-state index in [2.05, 4.69) is 25.5 Å². The molecule has 0 saturated heterocycles. The van der Waals surface area contributed by atoms with Crippen LogP contribution in [0.2, 0.25) is 10.0 Å². The van der Waals surface area contributed by atoms with Crippen LogP contribution in [0.4, 0.5) is 4.79 Å². The molecule has 9 heteroatoms. The van der Waals surface area contributed by atoms with E-state index < -0.39 is 0 Å². The highest BCUT2D eigenvalue weighted by Crippen LogP contribution is 2.30. The largest absolute Gasteiger partial charge is 0.331 e. The topological polar surface area (TPSA) is 86.8 Å². The third-order valence-corrected chi connectivity index (χ3v) is 5.44. The smallest absolute Gasteiger partial charge is 0.318 e. The molecule has 144 valence electrons. The molecule has 4 rings (SSSR count). The second-order valence-corrected chi connectivity index (χ2v) is 7.44. The number of urea groups is 1. The van der Waals surface area contributed by atoms with E-state index in [1.54, 1.807) is 17.3 Å². The number of amides is 2. The van der Waals surface area contributed by atoms with Crippen LogP contribution in [0.3, 0.4) is 0 Å². The van der Waals surface area contributed by atoms with Gasteiger partial charge < -0.3 is 10.2 Å². The Kier molecular flexibility index (Phi) is 5.19. The highest BCUT2D eigenvalue weighted by atomic mass is 35.5. The SMILES string of the molecule is CC(NC(=O)N1CCc2[nH]nc(-c3ccncc3)c2C1)c1c(Cl)cncc1Cl. The summed E-state index contributed by atoms with van der Waals surface area (Å²) in [5.41, 5.74) is 4.57. The standard InChI is InChI=1S/C19H18Cl2N6O/c1-11(17-14(20)8-23-9-15(17)21)24-19(28)27-7-4-16-13(10-27)18(26-25-16)12-2-5-22-6-3-12/h2-3,5-6,8-9,11H,4,7,10H2,1H3,(H,24,28)(H,25,26). The molecule has 0 bridgehead atoms. The minimum absolute atomic E-state index is 0.177. The number of carbonyl (C=O) groups excluding carboxylic acids is 1. The lowest BCUT2D eigenvalue weighted by atomic mass is 10.0. The number of nitrogens with one attached hydrogen (secondary N) is 2. The number of halogens is 2. The van der Waals surface area contributed by atoms with Crippen LogP contribution < -0.4 is 5.32 Å². The van der Waals surface area contributed by atoms with Crippen LogP contribution in [0.15, 0.2) is 36.9 Å². The van der Waals surface area contributed by atoms with Crippen LogP contribution in [0.25, 0.3) is 11.3 Å². The molecular weight excluding hydrogens is 399 g/mol. The number of rotatable bonds is 3. The Hall–Kier alpha value is -2.64. The molecule has 3 aromatic heterocycles. The summed E-state index contributed by atoms with van der Waals surface area (Å²) < 4.78 is 0. The van der Waals surface area contributed by atoms with Gasteiger partial charge >= 0.3 is 6.03 Å². The number of nitrogens with zero attached hydrogens (tertiary/aromatic N) is 4. The summed E-state index contributed by atoms with van der Waals surface area (Å²) in [5.74, 6) is 0. The molecular formula is C19H18Cl2N6O. The molecule has 0 aliphatic carbocycles. The van der Waals surface area contributed by atoms with Crippen LogP contribution in [0.1, 0.15) is 29.8 Å². The van der Waals surface area contributed by atoms with E-state index in [0.717, 1.165) is 22.5 Å². The van der Waals surface area contributed by atoms with Gasteiger partial charge in [0.15, 0.2) is 0 Å². The van der Waals surface area contributed by atoms with Crippen molar-refractivity contribution in [2.45, 2.75) is 25.9 Å². The zero-order chi connectivity index (χ0) is 19.7. The molecule has 1 atom stereocenters. The molecule has 2 amide bonds. The van der Waals surface area contributed by atoms with Gasteiger partial charge in [-0.2, -0.15) is 5.10 Å². The number of aromatic nitrogens is 4. The number of carbonyl (C=O) groups is 1. The molecule has 0 aromatic carbocycles. The van der Waals surface area contributed by atoms with Crippen LogP contribution >= 0.6 is 23.2 Å². The fourth-order valence-corrected chi connectivity index (χ4v) is 4.09. The monoisotopic (exact) mass is 416 g/mol. The predicted octanol–water partition coefficient (Wildman–Crippen LogP) is 4.00. The Morgan fingerprint density at radius 2 is 1.93 bits per heavy atom. The third kappa shape index (κ3) is 3.55. The third-order valence-electron chi connectivity index (χ3n) is 4.84. The number of H-pyrrole nitrogens is 1. The molecule has 4 heterocycles. The molecule has 0 spiro atoms. The Balaban J connectivity index is 1.51. The van der Waals surface area contributed by atoms with Gasteiger partial charge in [0.1, 0.15) is 0 Å². The maximum absolute atomic E-state index is 12.9.